The highest BCUT2D eigenvalue weighted by atomic mass is 31.2. The molecule has 19 heteroatoms. The van der Waals surface area contributed by atoms with Crippen LogP contribution in [0.3, 0.4) is 0 Å². The number of ether oxygens (including phenoxy) is 2. The highest BCUT2D eigenvalue weighted by Crippen LogP contribution is 2.44. The van der Waals surface area contributed by atoms with Crippen molar-refractivity contribution in [3.63, 3.8) is 0 Å². The Hall–Kier alpha value is -1.85. The van der Waals surface area contributed by atoms with Crippen LogP contribution in [0.5, 0.6) is 0 Å². The Morgan fingerprint density at radius 1 is 0.672 bits per heavy atom. The van der Waals surface area contributed by atoms with E-state index in [-0.39, 0.29) is 44.3 Å². The van der Waals surface area contributed by atoms with Gasteiger partial charge in [0.05, 0.1) is 38.1 Å². The molecule has 0 spiro atoms. The molecule has 0 radical (unpaired) electrons. The predicted octanol–water partition coefficient (Wildman–Crippen LogP) is 6.68. The second-order valence-corrected chi connectivity index (χ2v) is 18.6. The van der Waals surface area contributed by atoms with E-state index in [1.54, 1.807) is 12.2 Å². The van der Waals surface area contributed by atoms with Gasteiger partial charge in [-0.1, -0.05) is 95.9 Å². The lowest BCUT2D eigenvalue weighted by atomic mass is 9.87. The lowest BCUT2D eigenvalue weighted by Gasteiger charge is -2.21. The number of phosphoric acid groups is 2. The molecule has 17 nitrogen and oxygen atoms in total. The number of hydrogen-bond acceptors (Lipinski definition) is 14. The minimum absolute atomic E-state index is 0.0162. The first-order valence-electron chi connectivity index (χ1n) is 22.2. The van der Waals surface area contributed by atoms with Gasteiger partial charge < -0.3 is 44.6 Å². The zero-order valence-corrected chi connectivity index (χ0v) is 38.1. The molecule has 0 aromatic carbocycles. The summed E-state index contributed by atoms with van der Waals surface area (Å²) >= 11 is 0. The van der Waals surface area contributed by atoms with Crippen molar-refractivity contribution in [3.05, 3.63) is 24.3 Å². The van der Waals surface area contributed by atoms with Gasteiger partial charge in [-0.15, -0.1) is 0 Å². The molecule has 1 aliphatic rings. The van der Waals surface area contributed by atoms with Gasteiger partial charge in [0, 0.05) is 43.9 Å². The molecule has 0 aromatic rings. The van der Waals surface area contributed by atoms with Crippen LogP contribution in [0.2, 0.25) is 0 Å². The Morgan fingerprint density at radius 2 is 1.23 bits per heavy atom. The maximum Gasteiger partial charge on any atom is 0.472 e. The van der Waals surface area contributed by atoms with E-state index in [9.17, 15) is 48.8 Å². The normalized spacial score (nSPS) is 20.8. The monoisotopic (exact) mass is 914 g/mol. The number of unbranched alkanes of at least 4 members (excludes halogenated alkanes) is 12. The molecule has 1 rings (SSSR count). The smallest absolute Gasteiger partial charge is 0.462 e. The topological polar surface area (TPSA) is 273 Å². The van der Waals surface area contributed by atoms with Crippen LogP contribution in [-0.4, -0.2) is 110 Å². The third-order valence-corrected chi connectivity index (χ3v) is 11.7. The molecule has 0 aliphatic heterocycles. The molecule has 356 valence electrons. The van der Waals surface area contributed by atoms with Crippen LogP contribution in [0.1, 0.15) is 155 Å². The van der Waals surface area contributed by atoms with E-state index < -0.39 is 96.4 Å². The van der Waals surface area contributed by atoms with Crippen molar-refractivity contribution in [2.45, 2.75) is 186 Å². The number of aliphatic hydroxyl groups excluding tert-OH is 4. The zero-order chi connectivity index (χ0) is 45.5. The van der Waals surface area contributed by atoms with Crippen LogP contribution >= 0.6 is 15.6 Å². The maximum absolute atomic E-state index is 12.9. The molecule has 0 aromatic heterocycles. The van der Waals surface area contributed by atoms with E-state index in [1.165, 1.54) is 25.7 Å². The van der Waals surface area contributed by atoms with Crippen LogP contribution in [0.4, 0.5) is 0 Å². The van der Waals surface area contributed by atoms with Gasteiger partial charge in [0.1, 0.15) is 18.5 Å². The highest BCUT2D eigenvalue weighted by Gasteiger charge is 2.41. The van der Waals surface area contributed by atoms with E-state index in [0.717, 1.165) is 57.8 Å². The summed E-state index contributed by atoms with van der Waals surface area (Å²) < 4.78 is 47.6. The van der Waals surface area contributed by atoms with Crippen molar-refractivity contribution in [2.24, 2.45) is 11.8 Å². The van der Waals surface area contributed by atoms with Gasteiger partial charge >= 0.3 is 27.6 Å². The lowest BCUT2D eigenvalue weighted by Crippen LogP contribution is -2.30. The second-order valence-electron chi connectivity index (χ2n) is 15.9. The number of aliphatic hydroxyl groups is 4. The Kier molecular flexibility index (Phi) is 31.5. The van der Waals surface area contributed by atoms with Crippen molar-refractivity contribution in [1.82, 2.24) is 0 Å². The molecular formula is C42H76O17P2. The van der Waals surface area contributed by atoms with Gasteiger partial charge in [0.15, 0.2) is 6.10 Å². The lowest BCUT2D eigenvalue weighted by molar-refractivity contribution is -0.161. The summed E-state index contributed by atoms with van der Waals surface area (Å²) in [5, 5.41) is 41.1. The molecule has 0 heterocycles. The molecule has 7 N–H and O–H groups in total. The van der Waals surface area contributed by atoms with E-state index >= 15 is 0 Å². The fraction of sp³-hybridized carbons (Fsp3) is 0.833. The molecule has 1 unspecified atom stereocenters. The van der Waals surface area contributed by atoms with Gasteiger partial charge in [-0.3, -0.25) is 28.0 Å². The molecule has 0 amide bonds. The predicted molar refractivity (Wildman–Crippen MR) is 228 cm³/mol. The molecule has 8 atom stereocenters. The summed E-state index contributed by atoms with van der Waals surface area (Å²) in [4.78, 5) is 65.8. The Morgan fingerprint density at radius 3 is 1.90 bits per heavy atom. The fourth-order valence-electron chi connectivity index (χ4n) is 6.81. The molecular weight excluding hydrogens is 838 g/mol. The number of carbonyl (C=O) groups is 3. The number of ketones is 1. The van der Waals surface area contributed by atoms with Crippen LogP contribution < -0.4 is 0 Å². The standard InChI is InChI=1S/C42H76O17P2/c1-3-5-7-8-9-10-11-12-13-14-15-16-18-23-41(48)55-31-36(32-58-61(53,54)57-30-35(45)29-56-60(50,51)52)59-42(49)24-20-19-22-34(44)27-38-37(39(46)28-40(38)47)26-25-33(43)21-17-6-4-2/h10-11,25-26,33,35-40,43,45-47H,3-9,12-24,27-32H2,1-2H3,(H,53,54)(H2,50,51,52)/b11-10-,26-25+/t33-,35-,36+,37+,38+,39+,40-/m0/s1. The van der Waals surface area contributed by atoms with Gasteiger partial charge in [-0.25, -0.2) is 9.13 Å². The second kappa shape index (κ2) is 33.6. The quantitative estimate of drug-likeness (QED) is 0.0147. The van der Waals surface area contributed by atoms with Crippen molar-refractivity contribution in [1.29, 1.82) is 0 Å². The number of allylic oxidation sites excluding steroid dienone is 2. The van der Waals surface area contributed by atoms with Crippen LogP contribution in [0.15, 0.2) is 24.3 Å². The Bertz CT molecular complexity index is 1350. The van der Waals surface area contributed by atoms with Crippen LogP contribution in [0, 0.1) is 11.8 Å². The molecule has 61 heavy (non-hydrogen) atoms. The van der Waals surface area contributed by atoms with Crippen LogP contribution in [0.25, 0.3) is 0 Å². The third-order valence-electron chi connectivity index (χ3n) is 10.3. The first-order chi connectivity index (χ1) is 29.0. The van der Waals surface area contributed by atoms with Crippen molar-refractivity contribution in [3.8, 4) is 0 Å². The number of Topliss-reactive ketones (excluding diaryl/α,β-unsaturated/α-hetero) is 1. The summed E-state index contributed by atoms with van der Waals surface area (Å²) in [5.74, 6) is -2.49. The summed E-state index contributed by atoms with van der Waals surface area (Å²) in [6.07, 6.45) is 18.1. The minimum Gasteiger partial charge on any atom is -0.462 e. The van der Waals surface area contributed by atoms with Gasteiger partial charge in [0.25, 0.3) is 0 Å². The van der Waals surface area contributed by atoms with Gasteiger partial charge in [-0.05, 0) is 51.4 Å². The number of hydrogen-bond donors (Lipinski definition) is 7. The molecule has 1 aliphatic carbocycles. The fourth-order valence-corrected chi connectivity index (χ4v) is 7.96. The average Bonchev–Trinajstić information content (AvgIpc) is 3.46. The average molecular weight is 915 g/mol. The summed E-state index contributed by atoms with van der Waals surface area (Å²) in [6, 6.07) is 0. The molecule has 1 saturated carbocycles. The van der Waals surface area contributed by atoms with Gasteiger partial charge in [0.2, 0.25) is 0 Å². The number of phosphoric ester groups is 2. The molecule has 0 bridgehead atoms. The minimum atomic E-state index is -4.91. The largest absolute Gasteiger partial charge is 0.472 e. The summed E-state index contributed by atoms with van der Waals surface area (Å²) in [6.45, 7) is 1.19. The van der Waals surface area contributed by atoms with Crippen molar-refractivity contribution in [2.75, 3.05) is 26.4 Å². The van der Waals surface area contributed by atoms with Crippen molar-refractivity contribution < 1.29 is 81.7 Å². The maximum atomic E-state index is 12.9. The van der Waals surface area contributed by atoms with Gasteiger partial charge in [-0.2, -0.15) is 0 Å². The third kappa shape index (κ3) is 30.8. The van der Waals surface area contributed by atoms with Crippen molar-refractivity contribution >= 4 is 33.4 Å². The number of carbonyl (C=O) groups excluding carboxylic acids is 3. The van der Waals surface area contributed by atoms with E-state index in [1.807, 2.05) is 0 Å². The van der Waals surface area contributed by atoms with E-state index in [2.05, 4.69) is 35.0 Å². The van der Waals surface area contributed by atoms with E-state index in [0.29, 0.717) is 19.3 Å². The summed E-state index contributed by atoms with van der Waals surface area (Å²) in [7, 11) is -9.82. The molecule has 0 saturated heterocycles. The Balaban J connectivity index is 2.61. The first kappa shape index (κ1) is 57.2. The number of rotatable bonds is 38. The van der Waals surface area contributed by atoms with Crippen LogP contribution in [-0.2, 0) is 46.6 Å². The highest BCUT2D eigenvalue weighted by molar-refractivity contribution is 7.47. The first-order valence-corrected chi connectivity index (χ1v) is 25.2. The summed E-state index contributed by atoms with van der Waals surface area (Å²) in [5.41, 5.74) is 0. The molecule has 1 fully saturated rings. The van der Waals surface area contributed by atoms with E-state index in [4.69, 9.17) is 23.8 Å². The zero-order valence-electron chi connectivity index (χ0n) is 36.3. The Labute approximate surface area is 362 Å². The SMILES string of the molecule is CCCCCC/C=C\CCCCCCCC(=O)OC[C@H](COP(=O)(O)OC[C@@H](O)COP(=O)(O)O)OC(=O)CCCCC(=O)C[C@@H]1[C@@H](/C=C/[C@@H](O)CCCCC)[C@H](O)C[C@@H]1O. The number of esters is 2.